The van der Waals surface area contributed by atoms with E-state index < -0.39 is 0 Å². The van der Waals surface area contributed by atoms with Gasteiger partial charge in [0.2, 0.25) is 0 Å². The van der Waals surface area contributed by atoms with Gasteiger partial charge in [0.1, 0.15) is 0 Å². The van der Waals surface area contributed by atoms with E-state index >= 15 is 0 Å². The lowest BCUT2D eigenvalue weighted by molar-refractivity contribution is 0.101. The van der Waals surface area contributed by atoms with E-state index in [9.17, 15) is 4.79 Å². The van der Waals surface area contributed by atoms with E-state index in [1.54, 1.807) is 6.92 Å². The van der Waals surface area contributed by atoms with E-state index in [2.05, 4.69) is 10.2 Å². The smallest absolute Gasteiger partial charge is 0.159 e. The third-order valence-electron chi connectivity index (χ3n) is 3.67. The normalized spacial score (nSPS) is 17.4. The molecule has 0 aliphatic carbocycles. The minimum Gasteiger partial charge on any atom is -0.382 e. The van der Waals surface area contributed by atoms with Crippen LogP contribution in [0.3, 0.4) is 0 Å². The summed E-state index contributed by atoms with van der Waals surface area (Å²) >= 11 is 0. The summed E-state index contributed by atoms with van der Waals surface area (Å²) in [6.45, 7) is 5.53. The number of anilines is 1. The molecule has 3 N–H and O–H groups in total. The molecule has 0 radical (unpaired) electrons. The van der Waals surface area contributed by atoms with Gasteiger partial charge >= 0.3 is 0 Å². The van der Waals surface area contributed by atoms with Crippen molar-refractivity contribution >= 4 is 11.5 Å². The van der Waals surface area contributed by atoms with E-state index in [1.165, 1.54) is 0 Å². The van der Waals surface area contributed by atoms with Crippen LogP contribution in [0.1, 0.15) is 30.1 Å². The van der Waals surface area contributed by atoms with Crippen molar-refractivity contribution in [2.45, 2.75) is 25.8 Å². The zero-order valence-electron chi connectivity index (χ0n) is 11.6. The molecule has 104 valence electrons. The molecule has 0 unspecified atom stereocenters. The van der Waals surface area contributed by atoms with Gasteiger partial charge in [-0.2, -0.15) is 0 Å². The Bertz CT molecular complexity index is 425. The first-order valence-corrected chi connectivity index (χ1v) is 6.99. The lowest BCUT2D eigenvalue weighted by atomic mass is 10.0. The molecule has 1 aromatic carbocycles. The van der Waals surface area contributed by atoms with Gasteiger partial charge in [0.05, 0.1) is 0 Å². The third kappa shape index (κ3) is 4.04. The number of hydrogen-bond acceptors (Lipinski definition) is 4. The van der Waals surface area contributed by atoms with Crippen molar-refractivity contribution in [3.8, 4) is 0 Å². The Morgan fingerprint density at radius 3 is 2.79 bits per heavy atom. The Hall–Kier alpha value is -1.39. The van der Waals surface area contributed by atoms with E-state index in [-0.39, 0.29) is 5.78 Å². The Morgan fingerprint density at radius 2 is 2.16 bits per heavy atom. The van der Waals surface area contributed by atoms with Crippen LogP contribution in [0.5, 0.6) is 0 Å². The molecule has 19 heavy (non-hydrogen) atoms. The van der Waals surface area contributed by atoms with Crippen molar-refractivity contribution in [3.05, 3.63) is 29.8 Å². The van der Waals surface area contributed by atoms with Crippen molar-refractivity contribution in [2.24, 2.45) is 5.73 Å². The number of nitrogens with zero attached hydrogens (tertiary/aromatic N) is 1. The number of piperidine rings is 1. The number of rotatable bonds is 5. The summed E-state index contributed by atoms with van der Waals surface area (Å²) in [4.78, 5) is 13.8. The second-order valence-corrected chi connectivity index (χ2v) is 5.19. The maximum absolute atomic E-state index is 11.4. The highest BCUT2D eigenvalue weighted by molar-refractivity contribution is 5.94. The molecule has 1 aliphatic rings. The lowest BCUT2D eigenvalue weighted by Crippen LogP contribution is -2.41. The van der Waals surface area contributed by atoms with Crippen LogP contribution < -0.4 is 11.1 Å². The number of carbonyl (C=O) groups excluding carboxylic acids is 1. The average molecular weight is 261 g/mol. The lowest BCUT2D eigenvalue weighted by Gasteiger charge is -2.32. The van der Waals surface area contributed by atoms with Crippen LogP contribution >= 0.6 is 0 Å². The van der Waals surface area contributed by atoms with Gasteiger partial charge in [0.15, 0.2) is 5.78 Å². The van der Waals surface area contributed by atoms with Gasteiger partial charge in [-0.1, -0.05) is 12.1 Å². The molecular weight excluding hydrogens is 238 g/mol. The van der Waals surface area contributed by atoms with Gasteiger partial charge in [-0.15, -0.1) is 0 Å². The summed E-state index contributed by atoms with van der Waals surface area (Å²) in [7, 11) is 0. The molecule has 1 heterocycles. The minimum atomic E-state index is 0.112. The highest BCUT2D eigenvalue weighted by Crippen LogP contribution is 2.17. The molecule has 4 nitrogen and oxygen atoms in total. The van der Waals surface area contributed by atoms with Crippen LogP contribution in [-0.2, 0) is 0 Å². The van der Waals surface area contributed by atoms with E-state index in [1.807, 2.05) is 24.3 Å². The van der Waals surface area contributed by atoms with Gasteiger partial charge in [0, 0.05) is 43.5 Å². The molecule has 1 aromatic rings. The van der Waals surface area contributed by atoms with E-state index in [0.29, 0.717) is 6.04 Å². The van der Waals surface area contributed by atoms with Gasteiger partial charge in [-0.25, -0.2) is 0 Å². The van der Waals surface area contributed by atoms with Gasteiger partial charge in [0.25, 0.3) is 0 Å². The van der Waals surface area contributed by atoms with Crippen molar-refractivity contribution in [3.63, 3.8) is 0 Å². The van der Waals surface area contributed by atoms with Crippen molar-refractivity contribution in [1.82, 2.24) is 4.90 Å². The van der Waals surface area contributed by atoms with Gasteiger partial charge in [-0.3, -0.25) is 4.79 Å². The average Bonchev–Trinajstić information content (AvgIpc) is 2.42. The highest BCUT2D eigenvalue weighted by atomic mass is 16.1. The molecule has 1 aliphatic heterocycles. The highest BCUT2D eigenvalue weighted by Gasteiger charge is 2.18. The first kappa shape index (κ1) is 14.0. The molecule has 0 amide bonds. The van der Waals surface area contributed by atoms with Crippen LogP contribution in [0.2, 0.25) is 0 Å². The molecule has 0 bridgehead atoms. The molecule has 2 rings (SSSR count). The number of nitrogens with one attached hydrogen (secondary N) is 1. The monoisotopic (exact) mass is 261 g/mol. The van der Waals surface area contributed by atoms with Gasteiger partial charge in [-0.05, 0) is 31.9 Å². The Labute approximate surface area is 115 Å². The predicted molar refractivity (Wildman–Crippen MR) is 78.6 cm³/mol. The summed E-state index contributed by atoms with van der Waals surface area (Å²) < 4.78 is 0. The fourth-order valence-electron chi connectivity index (χ4n) is 2.55. The number of likely N-dealkylation sites (tertiary alicyclic amines) is 1. The maximum atomic E-state index is 11.4. The van der Waals surface area contributed by atoms with Crippen LogP contribution in [0.4, 0.5) is 5.69 Å². The van der Waals surface area contributed by atoms with Crippen molar-refractivity contribution < 1.29 is 4.79 Å². The molecule has 0 atom stereocenters. The third-order valence-corrected chi connectivity index (χ3v) is 3.67. The van der Waals surface area contributed by atoms with Crippen LogP contribution in [-0.4, -0.2) is 42.9 Å². The Morgan fingerprint density at radius 1 is 1.42 bits per heavy atom. The predicted octanol–water partition coefficient (Wildman–Crippen LogP) is 1.72. The van der Waals surface area contributed by atoms with Gasteiger partial charge < -0.3 is 16.0 Å². The van der Waals surface area contributed by atoms with E-state index in [4.69, 9.17) is 5.73 Å². The Balaban J connectivity index is 1.88. The zero-order chi connectivity index (χ0) is 13.7. The second kappa shape index (κ2) is 6.68. The topological polar surface area (TPSA) is 58.4 Å². The standard InChI is InChI=1S/C15H23N3O/c1-12(19)13-3-2-4-15(11-13)17-14-5-8-18(9-6-14)10-7-16/h2-4,11,14,17H,5-10,16H2,1H3. The minimum absolute atomic E-state index is 0.112. The molecule has 0 saturated carbocycles. The maximum Gasteiger partial charge on any atom is 0.159 e. The number of nitrogens with two attached hydrogens (primary N) is 1. The fraction of sp³-hybridized carbons (Fsp3) is 0.533. The molecule has 4 heteroatoms. The summed E-state index contributed by atoms with van der Waals surface area (Å²) in [5.74, 6) is 0.112. The fourth-order valence-corrected chi connectivity index (χ4v) is 2.55. The first-order chi connectivity index (χ1) is 9.19. The number of hydrogen-bond donors (Lipinski definition) is 2. The molecule has 1 fully saturated rings. The molecule has 0 aromatic heterocycles. The SMILES string of the molecule is CC(=O)c1cccc(NC2CCN(CCN)CC2)c1. The summed E-state index contributed by atoms with van der Waals surface area (Å²) in [5, 5.41) is 3.53. The summed E-state index contributed by atoms with van der Waals surface area (Å²) in [5.41, 5.74) is 7.39. The van der Waals surface area contributed by atoms with Crippen LogP contribution in [0.25, 0.3) is 0 Å². The van der Waals surface area contributed by atoms with Crippen molar-refractivity contribution in [1.29, 1.82) is 0 Å². The molecular formula is C15H23N3O. The van der Waals surface area contributed by atoms with Crippen LogP contribution in [0.15, 0.2) is 24.3 Å². The number of ketones is 1. The number of benzene rings is 1. The summed E-state index contributed by atoms with van der Waals surface area (Å²) in [6.07, 6.45) is 2.26. The molecule has 1 saturated heterocycles. The van der Waals surface area contributed by atoms with E-state index in [0.717, 1.165) is 50.3 Å². The van der Waals surface area contributed by atoms with Crippen LogP contribution in [0, 0.1) is 0 Å². The number of Topliss-reactive ketones (excluding diaryl/α,β-unsaturated/α-hetero) is 1. The zero-order valence-corrected chi connectivity index (χ0v) is 11.6. The molecule has 0 spiro atoms. The Kier molecular flexibility index (Phi) is 4.93. The largest absolute Gasteiger partial charge is 0.382 e. The summed E-state index contributed by atoms with van der Waals surface area (Å²) in [6, 6.07) is 8.25. The second-order valence-electron chi connectivity index (χ2n) is 5.19. The first-order valence-electron chi connectivity index (χ1n) is 6.99. The van der Waals surface area contributed by atoms with Crippen molar-refractivity contribution in [2.75, 3.05) is 31.5 Å². The number of carbonyl (C=O) groups is 1. The quantitative estimate of drug-likeness (QED) is 0.792.